The van der Waals surface area contributed by atoms with E-state index in [4.69, 9.17) is 5.73 Å². The smallest absolute Gasteiger partial charge is 0.234 e. The Morgan fingerprint density at radius 3 is 2.55 bits per heavy atom. The van der Waals surface area contributed by atoms with Crippen LogP contribution in [0.5, 0.6) is 0 Å². The number of benzene rings is 1. The van der Waals surface area contributed by atoms with Crippen LogP contribution < -0.4 is 16.0 Å². The van der Waals surface area contributed by atoms with E-state index in [9.17, 15) is 4.79 Å². The Balaban J connectivity index is 1.83. The minimum Gasteiger partial charge on any atom is -0.372 e. The van der Waals surface area contributed by atoms with Gasteiger partial charge in [-0.15, -0.1) is 0 Å². The topological polar surface area (TPSA) is 58.4 Å². The van der Waals surface area contributed by atoms with Crippen molar-refractivity contribution >= 4 is 29.0 Å². The predicted molar refractivity (Wildman–Crippen MR) is 87.5 cm³/mol. The summed E-state index contributed by atoms with van der Waals surface area (Å²) in [6.07, 6.45) is 3.89. The summed E-state index contributed by atoms with van der Waals surface area (Å²) in [5, 5.41) is 2.91. The van der Waals surface area contributed by atoms with Gasteiger partial charge in [0.1, 0.15) is 0 Å². The second kappa shape index (κ2) is 8.17. The van der Waals surface area contributed by atoms with Gasteiger partial charge >= 0.3 is 0 Å². The molecule has 1 aliphatic heterocycles. The molecule has 20 heavy (non-hydrogen) atoms. The first-order valence-electron chi connectivity index (χ1n) is 7.22. The lowest BCUT2D eigenvalue weighted by Crippen LogP contribution is -2.29. The fourth-order valence-corrected chi connectivity index (χ4v) is 2.92. The lowest BCUT2D eigenvalue weighted by Gasteiger charge is -2.28. The number of hydrogen-bond acceptors (Lipinski definition) is 4. The molecule has 0 unspecified atom stereocenters. The molecule has 0 radical (unpaired) electrons. The van der Waals surface area contributed by atoms with E-state index < -0.39 is 0 Å². The normalized spacial score (nSPS) is 15.2. The van der Waals surface area contributed by atoms with E-state index in [1.807, 2.05) is 12.1 Å². The Kier molecular flexibility index (Phi) is 6.21. The zero-order valence-electron chi connectivity index (χ0n) is 11.8. The number of piperidine rings is 1. The maximum absolute atomic E-state index is 11.7. The van der Waals surface area contributed by atoms with Crippen LogP contribution in [0.1, 0.15) is 19.3 Å². The highest BCUT2D eigenvalue weighted by Crippen LogP contribution is 2.21. The van der Waals surface area contributed by atoms with E-state index in [2.05, 4.69) is 22.3 Å². The van der Waals surface area contributed by atoms with Gasteiger partial charge in [0.15, 0.2) is 0 Å². The van der Waals surface area contributed by atoms with E-state index >= 15 is 0 Å². The second-order valence-corrected chi connectivity index (χ2v) is 6.09. The van der Waals surface area contributed by atoms with E-state index in [1.54, 1.807) is 11.8 Å². The number of nitrogens with one attached hydrogen (secondary N) is 1. The van der Waals surface area contributed by atoms with Crippen LogP contribution >= 0.6 is 11.8 Å². The Bertz CT molecular complexity index is 416. The average Bonchev–Trinajstić information content (AvgIpc) is 2.49. The molecule has 0 bridgehead atoms. The maximum Gasteiger partial charge on any atom is 0.234 e. The van der Waals surface area contributed by atoms with Gasteiger partial charge in [0, 0.05) is 36.8 Å². The third-order valence-corrected chi connectivity index (χ3v) is 4.36. The number of thioether (sulfide) groups is 1. The fraction of sp³-hybridized carbons (Fsp3) is 0.533. The van der Waals surface area contributed by atoms with Crippen LogP contribution in [-0.2, 0) is 4.79 Å². The summed E-state index contributed by atoms with van der Waals surface area (Å²) in [7, 11) is 0. The molecule has 1 saturated heterocycles. The van der Waals surface area contributed by atoms with E-state index in [0.717, 1.165) is 24.5 Å². The van der Waals surface area contributed by atoms with Crippen molar-refractivity contribution in [1.82, 2.24) is 0 Å². The molecule has 110 valence electrons. The van der Waals surface area contributed by atoms with Crippen molar-refractivity contribution < 1.29 is 4.79 Å². The predicted octanol–water partition coefficient (Wildman–Crippen LogP) is 2.31. The fourth-order valence-electron chi connectivity index (χ4n) is 2.35. The third-order valence-electron chi connectivity index (χ3n) is 3.37. The molecular weight excluding hydrogens is 270 g/mol. The maximum atomic E-state index is 11.7. The van der Waals surface area contributed by atoms with E-state index in [0.29, 0.717) is 12.3 Å². The van der Waals surface area contributed by atoms with Gasteiger partial charge in [0.05, 0.1) is 5.75 Å². The van der Waals surface area contributed by atoms with Crippen LogP contribution in [0, 0.1) is 0 Å². The van der Waals surface area contributed by atoms with Gasteiger partial charge in [-0.25, -0.2) is 0 Å². The van der Waals surface area contributed by atoms with Crippen LogP contribution in [0.25, 0.3) is 0 Å². The van der Waals surface area contributed by atoms with Gasteiger partial charge in [-0.05, 0) is 43.5 Å². The van der Waals surface area contributed by atoms with Gasteiger partial charge in [-0.3, -0.25) is 4.79 Å². The number of nitrogens with zero attached hydrogens (tertiary/aromatic N) is 1. The standard InChI is InChI=1S/C15H23N3OS/c16-8-11-20-12-15(19)17-13-4-6-14(7-5-13)18-9-2-1-3-10-18/h4-7H,1-3,8-12,16H2,(H,17,19). The first-order valence-corrected chi connectivity index (χ1v) is 8.38. The summed E-state index contributed by atoms with van der Waals surface area (Å²) in [6, 6.07) is 8.15. The molecule has 0 saturated carbocycles. The van der Waals surface area contributed by atoms with Crippen molar-refractivity contribution in [2.45, 2.75) is 19.3 Å². The molecule has 1 fully saturated rings. The summed E-state index contributed by atoms with van der Waals surface area (Å²) in [5.41, 5.74) is 7.51. The first kappa shape index (κ1) is 15.2. The quantitative estimate of drug-likeness (QED) is 0.790. The number of amides is 1. The van der Waals surface area contributed by atoms with Crippen molar-refractivity contribution in [2.75, 3.05) is 41.4 Å². The van der Waals surface area contributed by atoms with Gasteiger partial charge in [-0.2, -0.15) is 11.8 Å². The SMILES string of the molecule is NCCSCC(=O)Nc1ccc(N2CCCCC2)cc1. The molecule has 1 aliphatic rings. The van der Waals surface area contributed by atoms with Crippen molar-refractivity contribution in [1.29, 1.82) is 0 Å². The summed E-state index contributed by atoms with van der Waals surface area (Å²) < 4.78 is 0. The molecule has 0 aromatic heterocycles. The summed E-state index contributed by atoms with van der Waals surface area (Å²) >= 11 is 1.56. The molecule has 4 nitrogen and oxygen atoms in total. The van der Waals surface area contributed by atoms with Crippen molar-refractivity contribution in [3.05, 3.63) is 24.3 Å². The molecule has 0 spiro atoms. The molecule has 1 amide bonds. The monoisotopic (exact) mass is 293 g/mol. The largest absolute Gasteiger partial charge is 0.372 e. The first-order chi connectivity index (χ1) is 9.79. The molecule has 1 heterocycles. The number of nitrogens with two attached hydrogens (primary N) is 1. The van der Waals surface area contributed by atoms with Crippen LogP contribution in [0.2, 0.25) is 0 Å². The van der Waals surface area contributed by atoms with Gasteiger partial charge < -0.3 is 16.0 Å². The summed E-state index contributed by atoms with van der Waals surface area (Å²) in [6.45, 7) is 2.89. The average molecular weight is 293 g/mol. The summed E-state index contributed by atoms with van der Waals surface area (Å²) in [4.78, 5) is 14.1. The molecular formula is C15H23N3OS. The molecule has 3 N–H and O–H groups in total. The Hall–Kier alpha value is -1.20. The van der Waals surface area contributed by atoms with Crippen molar-refractivity contribution in [3.8, 4) is 0 Å². The van der Waals surface area contributed by atoms with Crippen LogP contribution in [0.4, 0.5) is 11.4 Å². The highest BCUT2D eigenvalue weighted by Gasteiger charge is 2.10. The minimum absolute atomic E-state index is 0.0363. The molecule has 2 rings (SSSR count). The highest BCUT2D eigenvalue weighted by molar-refractivity contribution is 7.99. The minimum atomic E-state index is 0.0363. The van der Waals surface area contributed by atoms with Gasteiger partial charge in [0.25, 0.3) is 0 Å². The molecule has 5 heteroatoms. The lowest BCUT2D eigenvalue weighted by molar-refractivity contribution is -0.113. The number of carbonyl (C=O) groups excluding carboxylic acids is 1. The van der Waals surface area contributed by atoms with E-state index in [1.165, 1.54) is 24.9 Å². The number of carbonyl (C=O) groups is 1. The number of rotatable bonds is 6. The zero-order chi connectivity index (χ0) is 14.2. The van der Waals surface area contributed by atoms with Crippen LogP contribution in [0.3, 0.4) is 0 Å². The molecule has 0 aliphatic carbocycles. The zero-order valence-corrected chi connectivity index (χ0v) is 12.6. The van der Waals surface area contributed by atoms with Gasteiger partial charge in [0.2, 0.25) is 5.91 Å². The third kappa shape index (κ3) is 4.72. The van der Waals surface area contributed by atoms with Crippen molar-refractivity contribution in [3.63, 3.8) is 0 Å². The molecule has 1 aromatic carbocycles. The highest BCUT2D eigenvalue weighted by atomic mass is 32.2. The second-order valence-electron chi connectivity index (χ2n) is 4.98. The Labute approximate surface area is 125 Å². The van der Waals surface area contributed by atoms with Crippen LogP contribution in [0.15, 0.2) is 24.3 Å². The Morgan fingerprint density at radius 1 is 1.20 bits per heavy atom. The van der Waals surface area contributed by atoms with E-state index in [-0.39, 0.29) is 5.91 Å². The Morgan fingerprint density at radius 2 is 1.90 bits per heavy atom. The van der Waals surface area contributed by atoms with Crippen LogP contribution in [-0.4, -0.2) is 37.0 Å². The number of hydrogen-bond donors (Lipinski definition) is 2. The molecule has 1 aromatic rings. The summed E-state index contributed by atoms with van der Waals surface area (Å²) in [5.74, 6) is 1.32. The van der Waals surface area contributed by atoms with Gasteiger partial charge in [-0.1, -0.05) is 0 Å². The van der Waals surface area contributed by atoms with Crippen molar-refractivity contribution in [2.24, 2.45) is 5.73 Å². The number of anilines is 2. The lowest BCUT2D eigenvalue weighted by atomic mass is 10.1. The molecule has 0 atom stereocenters.